The second kappa shape index (κ2) is 6.05. The number of nitrogens with one attached hydrogen (secondary N) is 1. The highest BCUT2D eigenvalue weighted by Crippen LogP contribution is 2.24. The molecule has 7 nitrogen and oxygen atoms in total. The molecule has 0 bridgehead atoms. The maximum absolute atomic E-state index is 12.7. The summed E-state index contributed by atoms with van der Waals surface area (Å²) in [6.07, 6.45) is 1.35. The third-order valence-electron chi connectivity index (χ3n) is 4.73. The Morgan fingerprint density at radius 1 is 1.22 bits per heavy atom. The van der Waals surface area contributed by atoms with Crippen LogP contribution in [0, 0.1) is 13.8 Å². The number of aromatic nitrogens is 3. The van der Waals surface area contributed by atoms with Gasteiger partial charge in [-0.3, -0.25) is 19.0 Å². The molecule has 4 rings (SSSR count). The first kappa shape index (κ1) is 17.0. The number of nitrogens with zero attached hydrogens (tertiary/aromatic N) is 2. The molecule has 3 heterocycles. The Morgan fingerprint density at radius 2 is 1.96 bits per heavy atom. The van der Waals surface area contributed by atoms with Gasteiger partial charge in [-0.25, -0.2) is 4.98 Å². The lowest BCUT2D eigenvalue weighted by Gasteiger charge is -2.04. The Bertz CT molecular complexity index is 1290. The number of Topliss-reactive ketones (excluding diaryl/α,β-unsaturated/α-hetero) is 2. The van der Waals surface area contributed by atoms with Gasteiger partial charge < -0.3 is 9.40 Å². The largest absolute Gasteiger partial charge is 0.448 e. The van der Waals surface area contributed by atoms with Crippen molar-refractivity contribution in [1.29, 1.82) is 0 Å². The first-order valence-electron chi connectivity index (χ1n) is 8.48. The fraction of sp³-hybridized carbons (Fsp3) is 0.200. The van der Waals surface area contributed by atoms with Crippen LogP contribution in [0.5, 0.6) is 0 Å². The van der Waals surface area contributed by atoms with Gasteiger partial charge in [0.15, 0.2) is 11.6 Å². The average molecular weight is 363 g/mol. The van der Waals surface area contributed by atoms with E-state index in [1.807, 2.05) is 18.2 Å². The first-order valence-corrected chi connectivity index (χ1v) is 8.48. The predicted octanol–water partition coefficient (Wildman–Crippen LogP) is 3.17. The third-order valence-corrected chi connectivity index (χ3v) is 4.73. The molecule has 0 atom stereocenters. The number of furan rings is 1. The number of hydrogen-bond acceptors (Lipinski definition) is 5. The molecule has 0 saturated carbocycles. The molecule has 136 valence electrons. The Hall–Kier alpha value is -3.48. The minimum atomic E-state index is -0.419. The molecule has 0 fully saturated rings. The van der Waals surface area contributed by atoms with E-state index in [0.29, 0.717) is 33.6 Å². The van der Waals surface area contributed by atoms with Crippen LogP contribution in [0.2, 0.25) is 0 Å². The van der Waals surface area contributed by atoms with Crippen molar-refractivity contribution in [3.8, 4) is 0 Å². The van der Waals surface area contributed by atoms with Gasteiger partial charge in [0.1, 0.15) is 11.1 Å². The second-order valence-electron chi connectivity index (χ2n) is 6.56. The molecular formula is C20H17N3O4. The number of aromatic amines is 1. The van der Waals surface area contributed by atoms with Crippen molar-refractivity contribution < 1.29 is 14.0 Å². The van der Waals surface area contributed by atoms with Crippen molar-refractivity contribution >= 4 is 33.6 Å². The number of benzene rings is 1. The van der Waals surface area contributed by atoms with Gasteiger partial charge in [0, 0.05) is 16.6 Å². The van der Waals surface area contributed by atoms with Crippen LogP contribution >= 0.6 is 0 Å². The molecule has 1 aromatic carbocycles. The van der Waals surface area contributed by atoms with Gasteiger partial charge in [0.25, 0.3) is 5.56 Å². The second-order valence-corrected chi connectivity index (χ2v) is 6.56. The summed E-state index contributed by atoms with van der Waals surface area (Å²) in [6, 6.07) is 7.25. The fourth-order valence-corrected chi connectivity index (χ4v) is 3.52. The summed E-state index contributed by atoms with van der Waals surface area (Å²) in [5.74, 6) is -0.412. The molecule has 27 heavy (non-hydrogen) atoms. The molecule has 4 aromatic rings. The van der Waals surface area contributed by atoms with Crippen LogP contribution in [-0.2, 0) is 6.54 Å². The van der Waals surface area contributed by atoms with Gasteiger partial charge in [-0.05, 0) is 38.5 Å². The summed E-state index contributed by atoms with van der Waals surface area (Å²) in [4.78, 5) is 44.5. The van der Waals surface area contributed by atoms with Gasteiger partial charge in [-0.1, -0.05) is 12.1 Å². The monoisotopic (exact) mass is 363 g/mol. The summed E-state index contributed by atoms with van der Waals surface area (Å²) in [5, 5.41) is 0.755. The molecule has 0 spiro atoms. The first-order chi connectivity index (χ1) is 12.9. The van der Waals surface area contributed by atoms with Crippen molar-refractivity contribution in [2.75, 3.05) is 0 Å². The fourth-order valence-electron chi connectivity index (χ4n) is 3.52. The highest BCUT2D eigenvalue weighted by atomic mass is 16.3. The summed E-state index contributed by atoms with van der Waals surface area (Å²) in [7, 11) is 0. The molecule has 0 aliphatic heterocycles. The highest BCUT2D eigenvalue weighted by molar-refractivity contribution is 6.04. The molecule has 0 unspecified atom stereocenters. The van der Waals surface area contributed by atoms with Crippen molar-refractivity contribution in [2.45, 2.75) is 27.3 Å². The lowest BCUT2D eigenvalue weighted by molar-refractivity contribution is 0.0965. The quantitative estimate of drug-likeness (QED) is 0.562. The van der Waals surface area contributed by atoms with Crippen LogP contribution in [0.4, 0.5) is 0 Å². The smallest absolute Gasteiger partial charge is 0.297 e. The Labute approximate surface area is 153 Å². The van der Waals surface area contributed by atoms with Crippen molar-refractivity contribution in [3.63, 3.8) is 0 Å². The lowest BCUT2D eigenvalue weighted by Crippen LogP contribution is -2.24. The Kier molecular flexibility index (Phi) is 3.80. The summed E-state index contributed by atoms with van der Waals surface area (Å²) in [5.41, 5.74) is 2.82. The minimum absolute atomic E-state index is 0.108. The van der Waals surface area contributed by atoms with E-state index < -0.39 is 5.56 Å². The number of rotatable bonds is 4. The topological polar surface area (TPSA) is 98.0 Å². The molecule has 0 amide bonds. The van der Waals surface area contributed by atoms with Crippen molar-refractivity contribution in [2.24, 2.45) is 0 Å². The van der Waals surface area contributed by atoms with Gasteiger partial charge in [-0.15, -0.1) is 0 Å². The molecule has 0 aliphatic rings. The maximum atomic E-state index is 12.7. The standard InChI is InChI=1S/C20H17N3O4/c1-10-16(12(3)24)11(2)22-17(10)14(25)8-23-9-21-18-13-6-4-5-7-15(13)27-19(18)20(23)26/h4-7,9,22H,8H2,1-3H3. The van der Waals surface area contributed by atoms with E-state index in [-0.39, 0.29) is 23.7 Å². The zero-order valence-electron chi connectivity index (χ0n) is 15.1. The van der Waals surface area contributed by atoms with Crippen molar-refractivity contribution in [1.82, 2.24) is 14.5 Å². The number of H-pyrrole nitrogens is 1. The highest BCUT2D eigenvalue weighted by Gasteiger charge is 2.21. The van der Waals surface area contributed by atoms with E-state index in [1.165, 1.54) is 17.8 Å². The van der Waals surface area contributed by atoms with E-state index in [4.69, 9.17) is 4.42 Å². The van der Waals surface area contributed by atoms with Gasteiger partial charge >= 0.3 is 0 Å². The lowest BCUT2D eigenvalue weighted by atomic mass is 10.1. The number of carbonyl (C=O) groups is 2. The molecule has 0 radical (unpaired) electrons. The Balaban J connectivity index is 1.76. The van der Waals surface area contributed by atoms with E-state index >= 15 is 0 Å². The zero-order chi connectivity index (χ0) is 19.3. The third kappa shape index (κ3) is 2.59. The van der Waals surface area contributed by atoms with Crippen LogP contribution in [0.1, 0.15) is 39.0 Å². The number of fused-ring (bicyclic) bond motifs is 3. The van der Waals surface area contributed by atoms with Crippen LogP contribution in [-0.4, -0.2) is 26.1 Å². The molecule has 7 heteroatoms. The molecular weight excluding hydrogens is 346 g/mol. The normalized spacial score (nSPS) is 11.4. The van der Waals surface area contributed by atoms with E-state index in [9.17, 15) is 14.4 Å². The van der Waals surface area contributed by atoms with Crippen molar-refractivity contribution in [3.05, 3.63) is 63.5 Å². The SMILES string of the molecule is CC(=O)c1c(C)[nH]c(C(=O)Cn2cnc3c(oc4ccccc43)c2=O)c1C. The average Bonchev–Trinajstić information content (AvgIpc) is 3.15. The maximum Gasteiger partial charge on any atom is 0.297 e. The van der Waals surface area contributed by atoms with Gasteiger partial charge in [-0.2, -0.15) is 0 Å². The summed E-state index contributed by atoms with van der Waals surface area (Å²) < 4.78 is 6.85. The van der Waals surface area contributed by atoms with Gasteiger partial charge in [0.2, 0.25) is 5.58 Å². The molecule has 3 aromatic heterocycles. The van der Waals surface area contributed by atoms with E-state index in [1.54, 1.807) is 19.9 Å². The van der Waals surface area contributed by atoms with E-state index in [0.717, 1.165) is 5.39 Å². The number of carbonyl (C=O) groups excluding carboxylic acids is 2. The summed E-state index contributed by atoms with van der Waals surface area (Å²) >= 11 is 0. The van der Waals surface area contributed by atoms with Crippen LogP contribution < -0.4 is 5.56 Å². The number of para-hydroxylation sites is 1. The molecule has 0 saturated heterocycles. The number of ketones is 2. The number of aryl methyl sites for hydroxylation is 1. The van der Waals surface area contributed by atoms with Crippen LogP contribution in [0.25, 0.3) is 22.1 Å². The molecule has 0 aliphatic carbocycles. The van der Waals surface area contributed by atoms with Crippen LogP contribution in [0.3, 0.4) is 0 Å². The molecule has 1 N–H and O–H groups in total. The van der Waals surface area contributed by atoms with E-state index in [2.05, 4.69) is 9.97 Å². The summed E-state index contributed by atoms with van der Waals surface area (Å²) in [6.45, 7) is 4.73. The predicted molar refractivity (Wildman–Crippen MR) is 100 cm³/mol. The zero-order valence-corrected chi connectivity index (χ0v) is 15.1. The minimum Gasteiger partial charge on any atom is -0.448 e. The van der Waals surface area contributed by atoms with Crippen LogP contribution in [0.15, 0.2) is 39.8 Å². The number of hydrogen-bond donors (Lipinski definition) is 1. The Morgan fingerprint density at radius 3 is 2.67 bits per heavy atom. The van der Waals surface area contributed by atoms with Gasteiger partial charge in [0.05, 0.1) is 18.6 Å².